The number of primary amides is 1. The maximum Gasteiger partial charge on any atom is 0.252 e. The molecule has 0 fully saturated rings. The third-order valence-electron chi connectivity index (χ3n) is 4.96. The van der Waals surface area contributed by atoms with E-state index >= 15 is 0 Å². The standard InChI is InChI=1S/C18H23N7O/c1-3-12-13(8-19)18(24-23-15(12)4-2)21-9-11-5-6-25-16(7-11)14(10-22-25)17(20)26/h10-11H,3-7,9H2,1-2H3,(H2,20,26)(H,21,24). The number of nitrogens with zero attached hydrogens (tertiary/aromatic N) is 5. The lowest BCUT2D eigenvalue weighted by Crippen LogP contribution is -2.27. The van der Waals surface area contributed by atoms with Crippen molar-refractivity contribution in [1.29, 1.82) is 5.26 Å². The van der Waals surface area contributed by atoms with Crippen molar-refractivity contribution in [2.24, 2.45) is 11.7 Å². The number of carbonyl (C=O) groups is 1. The first-order valence-electron chi connectivity index (χ1n) is 8.95. The van der Waals surface area contributed by atoms with Gasteiger partial charge in [0.1, 0.15) is 11.6 Å². The van der Waals surface area contributed by atoms with Crippen molar-refractivity contribution in [2.75, 3.05) is 11.9 Å². The first-order valence-corrected chi connectivity index (χ1v) is 8.95. The van der Waals surface area contributed by atoms with E-state index in [9.17, 15) is 10.1 Å². The van der Waals surface area contributed by atoms with E-state index in [0.29, 0.717) is 35.8 Å². The molecule has 0 saturated carbocycles. The van der Waals surface area contributed by atoms with Gasteiger partial charge in [-0.25, -0.2) is 0 Å². The van der Waals surface area contributed by atoms with Gasteiger partial charge < -0.3 is 11.1 Å². The molecule has 3 rings (SSSR count). The van der Waals surface area contributed by atoms with Gasteiger partial charge in [0.15, 0.2) is 5.82 Å². The second-order valence-electron chi connectivity index (χ2n) is 6.50. The minimum atomic E-state index is -0.444. The molecule has 0 aliphatic carbocycles. The van der Waals surface area contributed by atoms with Gasteiger partial charge in [-0.1, -0.05) is 13.8 Å². The second-order valence-corrected chi connectivity index (χ2v) is 6.50. The molecule has 136 valence electrons. The first-order chi connectivity index (χ1) is 12.6. The Morgan fingerprint density at radius 1 is 1.42 bits per heavy atom. The summed E-state index contributed by atoms with van der Waals surface area (Å²) >= 11 is 0. The van der Waals surface area contributed by atoms with E-state index in [-0.39, 0.29) is 0 Å². The van der Waals surface area contributed by atoms with Gasteiger partial charge in [0.05, 0.1) is 23.1 Å². The number of nitrogens with two attached hydrogens (primary N) is 1. The lowest BCUT2D eigenvalue weighted by molar-refractivity contribution is 0.0998. The lowest BCUT2D eigenvalue weighted by Gasteiger charge is -2.24. The molecule has 0 saturated heterocycles. The molecule has 2 aromatic rings. The van der Waals surface area contributed by atoms with Crippen molar-refractivity contribution in [2.45, 2.75) is 46.1 Å². The Morgan fingerprint density at radius 3 is 2.88 bits per heavy atom. The molecule has 1 aliphatic rings. The van der Waals surface area contributed by atoms with E-state index in [1.165, 1.54) is 0 Å². The van der Waals surface area contributed by atoms with Crippen molar-refractivity contribution in [3.63, 3.8) is 0 Å². The molecule has 1 amide bonds. The van der Waals surface area contributed by atoms with Crippen molar-refractivity contribution in [3.8, 4) is 6.07 Å². The smallest absolute Gasteiger partial charge is 0.252 e. The summed E-state index contributed by atoms with van der Waals surface area (Å²) < 4.78 is 1.85. The van der Waals surface area contributed by atoms with Crippen LogP contribution in [0.15, 0.2) is 6.20 Å². The summed E-state index contributed by atoms with van der Waals surface area (Å²) in [5.41, 5.74) is 9.23. The van der Waals surface area contributed by atoms with Crippen molar-refractivity contribution in [1.82, 2.24) is 20.0 Å². The molecule has 0 bridgehead atoms. The van der Waals surface area contributed by atoms with Crippen molar-refractivity contribution in [3.05, 3.63) is 34.3 Å². The predicted octanol–water partition coefficient (Wildman–Crippen LogP) is 1.44. The number of anilines is 1. The molecule has 2 aromatic heterocycles. The number of aromatic nitrogens is 4. The number of hydrogen-bond donors (Lipinski definition) is 2. The van der Waals surface area contributed by atoms with Gasteiger partial charge in [-0.2, -0.15) is 15.5 Å². The first kappa shape index (κ1) is 17.9. The molecule has 0 aromatic carbocycles. The van der Waals surface area contributed by atoms with Crippen LogP contribution in [0, 0.1) is 17.2 Å². The minimum absolute atomic E-state index is 0.307. The average Bonchev–Trinajstić information content (AvgIpc) is 3.08. The zero-order chi connectivity index (χ0) is 18.7. The van der Waals surface area contributed by atoms with E-state index in [0.717, 1.165) is 42.8 Å². The maximum atomic E-state index is 11.5. The molecule has 1 atom stereocenters. The molecular weight excluding hydrogens is 330 g/mol. The summed E-state index contributed by atoms with van der Waals surface area (Å²) in [7, 11) is 0. The van der Waals surface area contributed by atoms with Crippen LogP contribution in [0.5, 0.6) is 0 Å². The molecule has 0 spiro atoms. The third kappa shape index (κ3) is 3.25. The van der Waals surface area contributed by atoms with Crippen LogP contribution >= 0.6 is 0 Å². The SMILES string of the molecule is CCc1nnc(NCC2CCn3ncc(C(N)=O)c3C2)c(C#N)c1CC. The normalized spacial score (nSPS) is 16.0. The summed E-state index contributed by atoms with van der Waals surface area (Å²) in [6, 6.07) is 2.27. The van der Waals surface area contributed by atoms with Gasteiger partial charge in [-0.15, -0.1) is 5.10 Å². The zero-order valence-electron chi connectivity index (χ0n) is 15.1. The van der Waals surface area contributed by atoms with Gasteiger partial charge in [-0.05, 0) is 37.2 Å². The molecule has 3 heterocycles. The van der Waals surface area contributed by atoms with E-state index in [2.05, 4.69) is 26.7 Å². The molecule has 3 N–H and O–H groups in total. The highest BCUT2D eigenvalue weighted by molar-refractivity contribution is 5.93. The fourth-order valence-electron chi connectivity index (χ4n) is 3.54. The summed E-state index contributed by atoms with van der Waals surface area (Å²) in [4.78, 5) is 11.5. The van der Waals surface area contributed by atoms with E-state index in [1.807, 2.05) is 18.5 Å². The molecule has 8 nitrogen and oxygen atoms in total. The summed E-state index contributed by atoms with van der Waals surface area (Å²) in [6.45, 7) is 5.44. The zero-order valence-corrected chi connectivity index (χ0v) is 15.1. The van der Waals surface area contributed by atoms with Crippen LogP contribution in [-0.2, 0) is 25.8 Å². The van der Waals surface area contributed by atoms with E-state index in [1.54, 1.807) is 6.20 Å². The van der Waals surface area contributed by atoms with Crippen LogP contribution in [0.3, 0.4) is 0 Å². The largest absolute Gasteiger partial charge is 0.367 e. The Balaban J connectivity index is 1.75. The highest BCUT2D eigenvalue weighted by Gasteiger charge is 2.25. The van der Waals surface area contributed by atoms with Crippen LogP contribution in [0.4, 0.5) is 5.82 Å². The molecule has 8 heteroatoms. The Kier molecular flexibility index (Phi) is 5.16. The number of rotatable bonds is 6. The van der Waals surface area contributed by atoms with Crippen molar-refractivity contribution < 1.29 is 4.79 Å². The fraction of sp³-hybridized carbons (Fsp3) is 0.500. The van der Waals surface area contributed by atoms with Gasteiger partial charge in [-0.3, -0.25) is 9.48 Å². The Hall–Kier alpha value is -2.95. The van der Waals surface area contributed by atoms with Gasteiger partial charge >= 0.3 is 0 Å². The number of amides is 1. The monoisotopic (exact) mass is 353 g/mol. The molecular formula is C18H23N7O. The van der Waals surface area contributed by atoms with Gasteiger partial charge in [0, 0.05) is 13.1 Å². The van der Waals surface area contributed by atoms with Crippen molar-refractivity contribution >= 4 is 11.7 Å². The van der Waals surface area contributed by atoms with E-state index in [4.69, 9.17) is 5.73 Å². The van der Waals surface area contributed by atoms with Crippen LogP contribution in [0.2, 0.25) is 0 Å². The Morgan fingerprint density at radius 2 is 2.23 bits per heavy atom. The number of carbonyl (C=O) groups excluding carboxylic acids is 1. The molecule has 0 radical (unpaired) electrons. The molecule has 1 unspecified atom stereocenters. The Bertz CT molecular complexity index is 865. The number of nitrogens with one attached hydrogen (secondary N) is 1. The third-order valence-corrected chi connectivity index (χ3v) is 4.96. The van der Waals surface area contributed by atoms with Crippen LogP contribution in [0.1, 0.15) is 53.1 Å². The fourth-order valence-corrected chi connectivity index (χ4v) is 3.54. The maximum absolute atomic E-state index is 11.5. The summed E-state index contributed by atoms with van der Waals surface area (Å²) in [5, 5.41) is 25.6. The minimum Gasteiger partial charge on any atom is -0.367 e. The van der Waals surface area contributed by atoms with Gasteiger partial charge in [0.2, 0.25) is 0 Å². The highest BCUT2D eigenvalue weighted by atomic mass is 16.1. The highest BCUT2D eigenvalue weighted by Crippen LogP contribution is 2.25. The topological polar surface area (TPSA) is 123 Å². The predicted molar refractivity (Wildman–Crippen MR) is 96.5 cm³/mol. The lowest BCUT2D eigenvalue weighted by atomic mass is 9.94. The Labute approximate surface area is 152 Å². The number of aryl methyl sites for hydroxylation is 2. The number of hydrogen-bond acceptors (Lipinski definition) is 6. The quantitative estimate of drug-likeness (QED) is 0.810. The van der Waals surface area contributed by atoms with Crippen LogP contribution < -0.4 is 11.1 Å². The second kappa shape index (κ2) is 7.52. The molecule has 26 heavy (non-hydrogen) atoms. The summed E-state index contributed by atoms with van der Waals surface area (Å²) in [5.74, 6) is 0.401. The number of nitriles is 1. The average molecular weight is 353 g/mol. The van der Waals surface area contributed by atoms with Crippen LogP contribution in [0.25, 0.3) is 0 Å². The number of fused-ring (bicyclic) bond motifs is 1. The molecule has 1 aliphatic heterocycles. The van der Waals surface area contributed by atoms with E-state index < -0.39 is 5.91 Å². The van der Waals surface area contributed by atoms with Gasteiger partial charge in [0.25, 0.3) is 5.91 Å². The summed E-state index contributed by atoms with van der Waals surface area (Å²) in [6.07, 6.45) is 4.70. The van der Waals surface area contributed by atoms with Crippen LogP contribution in [-0.4, -0.2) is 32.4 Å².